The van der Waals surface area contributed by atoms with E-state index in [1.54, 1.807) is 24.5 Å². The number of nitrogens with zero attached hydrogens (tertiary/aromatic N) is 5. The van der Waals surface area contributed by atoms with Crippen LogP contribution in [-0.2, 0) is 6.42 Å². The second kappa shape index (κ2) is 10.8. The molecule has 1 unspecified atom stereocenters. The molecule has 9 heteroatoms. The van der Waals surface area contributed by atoms with Crippen LogP contribution < -0.4 is 10.1 Å². The van der Waals surface area contributed by atoms with Gasteiger partial charge in [-0.05, 0) is 37.9 Å². The lowest BCUT2D eigenvalue weighted by molar-refractivity contribution is 0.102. The Morgan fingerprint density at radius 3 is 2.55 bits per heavy atom. The molecule has 0 spiro atoms. The van der Waals surface area contributed by atoms with Crippen LogP contribution in [0.3, 0.4) is 0 Å². The highest BCUT2D eigenvalue weighted by atomic mass is 32.1. The van der Waals surface area contributed by atoms with Gasteiger partial charge in [0.05, 0.1) is 5.56 Å². The zero-order valence-electron chi connectivity index (χ0n) is 18.4. The molecule has 1 amide bonds. The van der Waals surface area contributed by atoms with Gasteiger partial charge >= 0.3 is 0 Å². The predicted octanol–water partition coefficient (Wildman–Crippen LogP) is 3.80. The van der Waals surface area contributed by atoms with Crippen LogP contribution in [0.1, 0.15) is 15.9 Å². The molecule has 168 valence electrons. The van der Waals surface area contributed by atoms with Gasteiger partial charge in [-0.25, -0.2) is 4.98 Å². The van der Waals surface area contributed by atoms with Crippen LogP contribution in [0.4, 0.5) is 5.13 Å². The van der Waals surface area contributed by atoms with E-state index < -0.39 is 0 Å². The van der Waals surface area contributed by atoms with Gasteiger partial charge in [-0.1, -0.05) is 41.7 Å². The van der Waals surface area contributed by atoms with Gasteiger partial charge in [-0.2, -0.15) is 0 Å². The number of carbonyl (C=O) groups is 1. The largest absolute Gasteiger partial charge is 0.473 e. The maximum atomic E-state index is 12.6. The molecule has 0 saturated heterocycles. The summed E-state index contributed by atoms with van der Waals surface area (Å²) in [5.41, 5.74) is 2.51. The minimum absolute atomic E-state index is 0.0671. The number of benzene rings is 1. The zero-order valence-corrected chi connectivity index (χ0v) is 19.2. The number of anilines is 1. The summed E-state index contributed by atoms with van der Waals surface area (Å²) in [6.07, 6.45) is 5.58. The Morgan fingerprint density at radius 1 is 1.06 bits per heavy atom. The first-order valence-electron chi connectivity index (χ1n) is 10.4. The Labute approximate surface area is 196 Å². The number of rotatable bonds is 9. The molecule has 3 aromatic heterocycles. The molecule has 1 aromatic carbocycles. The highest BCUT2D eigenvalue weighted by Gasteiger charge is 2.15. The smallest absolute Gasteiger partial charge is 0.259 e. The first kappa shape index (κ1) is 22.5. The number of carbonyl (C=O) groups excluding carboxylic acids is 1. The van der Waals surface area contributed by atoms with Crippen molar-refractivity contribution in [1.82, 2.24) is 25.1 Å². The van der Waals surface area contributed by atoms with E-state index in [4.69, 9.17) is 4.74 Å². The SMILES string of the molecule is CN(C)CC(Cc1ccccc1)Oc1ccc(C(=O)Nc2nnc(-c3ccncc3)s2)cn1. The van der Waals surface area contributed by atoms with E-state index in [1.807, 2.05) is 44.4 Å². The third-order valence-electron chi connectivity index (χ3n) is 4.73. The lowest BCUT2D eigenvalue weighted by Gasteiger charge is -2.22. The molecule has 0 aliphatic rings. The number of aromatic nitrogens is 4. The van der Waals surface area contributed by atoms with E-state index >= 15 is 0 Å². The van der Waals surface area contributed by atoms with Crippen molar-refractivity contribution >= 4 is 22.4 Å². The van der Waals surface area contributed by atoms with Gasteiger partial charge < -0.3 is 9.64 Å². The van der Waals surface area contributed by atoms with Crippen LogP contribution in [-0.4, -0.2) is 57.7 Å². The van der Waals surface area contributed by atoms with Crippen LogP contribution in [0, 0.1) is 0 Å². The third-order valence-corrected chi connectivity index (χ3v) is 5.62. The van der Waals surface area contributed by atoms with Crippen molar-refractivity contribution in [2.75, 3.05) is 26.0 Å². The number of pyridine rings is 2. The Kier molecular flexibility index (Phi) is 7.33. The molecule has 4 rings (SSSR count). The average Bonchev–Trinajstić information content (AvgIpc) is 3.29. The van der Waals surface area contributed by atoms with Crippen molar-refractivity contribution in [2.24, 2.45) is 0 Å². The molecule has 8 nitrogen and oxygen atoms in total. The van der Waals surface area contributed by atoms with Crippen molar-refractivity contribution in [2.45, 2.75) is 12.5 Å². The van der Waals surface area contributed by atoms with Gasteiger partial charge in [-0.3, -0.25) is 15.1 Å². The summed E-state index contributed by atoms with van der Waals surface area (Å²) in [7, 11) is 4.02. The standard InChI is InChI=1S/C24H24N6O2S/c1-30(2)16-20(14-17-6-4-3-5-7-17)32-21-9-8-19(15-26-21)22(31)27-24-29-28-23(33-24)18-10-12-25-13-11-18/h3-13,15,20H,14,16H2,1-2H3,(H,27,29,31). The molecule has 0 aliphatic heterocycles. The summed E-state index contributed by atoms with van der Waals surface area (Å²) in [6, 6.07) is 17.3. The third kappa shape index (κ3) is 6.41. The van der Waals surface area contributed by atoms with E-state index in [0.29, 0.717) is 21.6 Å². The summed E-state index contributed by atoms with van der Waals surface area (Å²) in [4.78, 5) is 23.0. The Bertz CT molecular complexity index is 1170. The fourth-order valence-electron chi connectivity index (χ4n) is 3.24. The lowest BCUT2D eigenvalue weighted by atomic mass is 10.1. The fraction of sp³-hybridized carbons (Fsp3) is 0.208. The first-order chi connectivity index (χ1) is 16.1. The number of ether oxygens (including phenoxy) is 1. The molecule has 0 saturated carbocycles. The van der Waals surface area contributed by atoms with E-state index in [2.05, 4.69) is 42.5 Å². The van der Waals surface area contributed by atoms with Crippen LogP contribution >= 0.6 is 11.3 Å². The molecular formula is C24H24N6O2S. The minimum Gasteiger partial charge on any atom is -0.473 e. The van der Waals surface area contributed by atoms with Gasteiger partial charge in [0.2, 0.25) is 11.0 Å². The van der Waals surface area contributed by atoms with E-state index in [9.17, 15) is 4.79 Å². The molecule has 4 aromatic rings. The van der Waals surface area contributed by atoms with E-state index in [0.717, 1.165) is 18.5 Å². The summed E-state index contributed by atoms with van der Waals surface area (Å²) in [6.45, 7) is 0.746. The molecule has 0 aliphatic carbocycles. The van der Waals surface area contributed by atoms with Crippen LogP contribution in [0.25, 0.3) is 10.6 Å². The summed E-state index contributed by atoms with van der Waals surface area (Å²) in [5.74, 6) is 0.172. The molecule has 0 bridgehead atoms. The Morgan fingerprint density at radius 2 is 1.85 bits per heavy atom. The van der Waals surface area contributed by atoms with Crippen molar-refractivity contribution in [3.05, 3.63) is 84.3 Å². The van der Waals surface area contributed by atoms with Crippen molar-refractivity contribution in [3.8, 4) is 16.5 Å². The normalized spacial score (nSPS) is 11.8. The van der Waals surface area contributed by atoms with Crippen molar-refractivity contribution in [1.29, 1.82) is 0 Å². The number of amides is 1. The molecule has 0 radical (unpaired) electrons. The molecule has 33 heavy (non-hydrogen) atoms. The minimum atomic E-state index is -0.305. The van der Waals surface area contributed by atoms with Crippen molar-refractivity contribution < 1.29 is 9.53 Å². The van der Waals surface area contributed by atoms with Gasteiger partial charge in [0.25, 0.3) is 5.91 Å². The van der Waals surface area contributed by atoms with Gasteiger partial charge in [0.15, 0.2) is 0 Å². The zero-order chi connectivity index (χ0) is 23.0. The highest BCUT2D eigenvalue weighted by Crippen LogP contribution is 2.26. The summed E-state index contributed by atoms with van der Waals surface area (Å²) < 4.78 is 6.12. The van der Waals surface area contributed by atoms with E-state index in [1.165, 1.54) is 23.1 Å². The number of hydrogen-bond donors (Lipinski definition) is 1. The first-order valence-corrected chi connectivity index (χ1v) is 11.2. The fourth-order valence-corrected chi connectivity index (χ4v) is 3.98. The summed E-state index contributed by atoms with van der Waals surface area (Å²) >= 11 is 1.30. The topological polar surface area (TPSA) is 93.1 Å². The second-order valence-corrected chi connectivity index (χ2v) is 8.66. The summed E-state index contributed by atoms with van der Waals surface area (Å²) in [5, 5.41) is 12.1. The van der Waals surface area contributed by atoms with Crippen LogP contribution in [0.2, 0.25) is 0 Å². The predicted molar refractivity (Wildman–Crippen MR) is 128 cm³/mol. The van der Waals surface area contributed by atoms with Gasteiger partial charge in [-0.15, -0.1) is 10.2 Å². The monoisotopic (exact) mass is 460 g/mol. The maximum absolute atomic E-state index is 12.6. The lowest BCUT2D eigenvalue weighted by Crippen LogP contribution is -2.32. The molecular weight excluding hydrogens is 436 g/mol. The highest BCUT2D eigenvalue weighted by molar-refractivity contribution is 7.18. The second-order valence-electron chi connectivity index (χ2n) is 7.68. The molecule has 3 heterocycles. The van der Waals surface area contributed by atoms with Crippen LogP contribution in [0.15, 0.2) is 73.2 Å². The average molecular weight is 461 g/mol. The van der Waals surface area contributed by atoms with Crippen LogP contribution in [0.5, 0.6) is 5.88 Å². The van der Waals surface area contributed by atoms with Gasteiger partial charge in [0, 0.05) is 43.2 Å². The molecule has 1 atom stereocenters. The number of nitrogens with one attached hydrogen (secondary N) is 1. The van der Waals surface area contributed by atoms with Crippen molar-refractivity contribution in [3.63, 3.8) is 0 Å². The Balaban J connectivity index is 1.38. The molecule has 1 N–H and O–H groups in total. The quantitative estimate of drug-likeness (QED) is 0.406. The maximum Gasteiger partial charge on any atom is 0.259 e. The number of hydrogen-bond acceptors (Lipinski definition) is 8. The number of likely N-dealkylation sites (N-methyl/N-ethyl adjacent to an activating group) is 1. The Hall–Kier alpha value is -3.69. The van der Waals surface area contributed by atoms with Gasteiger partial charge in [0.1, 0.15) is 11.1 Å². The van der Waals surface area contributed by atoms with E-state index in [-0.39, 0.29) is 12.0 Å². The molecule has 0 fully saturated rings.